The van der Waals surface area contributed by atoms with E-state index in [0.717, 1.165) is 22.5 Å². The van der Waals surface area contributed by atoms with Crippen molar-refractivity contribution in [3.05, 3.63) is 52.5 Å². The van der Waals surface area contributed by atoms with E-state index >= 15 is 0 Å². The highest BCUT2D eigenvalue weighted by Gasteiger charge is 2.08. The fraction of sp³-hybridized carbons (Fsp3) is 0.278. The minimum atomic E-state index is -0.0361. The number of anilines is 2. The van der Waals surface area contributed by atoms with Gasteiger partial charge in [0, 0.05) is 29.7 Å². The maximum Gasteiger partial charge on any atom is 0.226 e. The van der Waals surface area contributed by atoms with Gasteiger partial charge in [-0.3, -0.25) is 4.79 Å². The molecule has 0 saturated carbocycles. The average molecular weight is 333 g/mol. The predicted molar refractivity (Wildman–Crippen MR) is 95.7 cm³/mol. The van der Waals surface area contributed by atoms with Gasteiger partial charge >= 0.3 is 0 Å². The summed E-state index contributed by atoms with van der Waals surface area (Å²) in [6, 6.07) is 11.4. The Morgan fingerprint density at radius 1 is 1.17 bits per heavy atom. The third kappa shape index (κ3) is 4.89. The van der Waals surface area contributed by atoms with E-state index in [1.807, 2.05) is 44.2 Å². The molecule has 0 unspecified atom stereocenters. The molecule has 0 aromatic heterocycles. The van der Waals surface area contributed by atoms with Crippen molar-refractivity contribution < 1.29 is 9.53 Å². The fourth-order valence-corrected chi connectivity index (χ4v) is 2.30. The number of benzene rings is 2. The van der Waals surface area contributed by atoms with Gasteiger partial charge in [-0.1, -0.05) is 29.3 Å². The Labute approximate surface area is 141 Å². The molecule has 2 N–H and O–H groups in total. The third-order valence-corrected chi connectivity index (χ3v) is 3.89. The Morgan fingerprint density at radius 2 is 1.87 bits per heavy atom. The molecule has 0 radical (unpaired) electrons. The molecule has 0 atom stereocenters. The fourth-order valence-electron chi connectivity index (χ4n) is 2.14. The lowest BCUT2D eigenvalue weighted by atomic mass is 10.2. The molecular weight excluding hydrogens is 312 g/mol. The molecule has 23 heavy (non-hydrogen) atoms. The third-order valence-electron chi connectivity index (χ3n) is 3.48. The number of aryl methyl sites for hydroxylation is 2. The Hall–Kier alpha value is -2.20. The van der Waals surface area contributed by atoms with Crippen LogP contribution in [0.5, 0.6) is 5.75 Å². The summed E-state index contributed by atoms with van der Waals surface area (Å²) in [5, 5.41) is 6.74. The Bertz CT molecular complexity index is 684. The van der Waals surface area contributed by atoms with Crippen LogP contribution < -0.4 is 15.4 Å². The van der Waals surface area contributed by atoms with Crippen molar-refractivity contribution in [1.82, 2.24) is 0 Å². The first-order valence-electron chi connectivity index (χ1n) is 7.44. The molecule has 0 spiro atoms. The number of carbonyl (C=O) groups is 1. The number of hydrogen-bond donors (Lipinski definition) is 2. The maximum atomic E-state index is 12.0. The summed E-state index contributed by atoms with van der Waals surface area (Å²) in [7, 11) is 1.59. The van der Waals surface area contributed by atoms with Gasteiger partial charge in [0.1, 0.15) is 5.75 Å². The van der Waals surface area contributed by atoms with Gasteiger partial charge < -0.3 is 15.4 Å². The van der Waals surface area contributed by atoms with Gasteiger partial charge in [-0.2, -0.15) is 0 Å². The van der Waals surface area contributed by atoms with Crippen LogP contribution in [0.4, 0.5) is 11.4 Å². The van der Waals surface area contributed by atoms with Crippen LogP contribution in [-0.2, 0) is 4.79 Å². The number of halogens is 1. The number of rotatable bonds is 6. The quantitative estimate of drug-likeness (QED) is 0.824. The van der Waals surface area contributed by atoms with Crippen LogP contribution in [0.15, 0.2) is 36.4 Å². The van der Waals surface area contributed by atoms with Gasteiger partial charge in [-0.15, -0.1) is 0 Å². The lowest BCUT2D eigenvalue weighted by Crippen LogP contribution is -2.16. The van der Waals surface area contributed by atoms with Crippen molar-refractivity contribution in [1.29, 1.82) is 0 Å². The summed E-state index contributed by atoms with van der Waals surface area (Å²) in [6.07, 6.45) is 0.360. The minimum Gasteiger partial charge on any atom is -0.495 e. The lowest BCUT2D eigenvalue weighted by molar-refractivity contribution is -0.115. The Balaban J connectivity index is 1.88. The molecule has 0 bridgehead atoms. The van der Waals surface area contributed by atoms with Crippen LogP contribution in [-0.4, -0.2) is 19.6 Å². The summed E-state index contributed by atoms with van der Waals surface area (Å²) in [6.45, 7) is 4.45. The van der Waals surface area contributed by atoms with E-state index in [0.29, 0.717) is 23.7 Å². The molecule has 2 aromatic carbocycles. The molecule has 0 saturated heterocycles. The monoisotopic (exact) mass is 332 g/mol. The second-order valence-corrected chi connectivity index (χ2v) is 5.80. The van der Waals surface area contributed by atoms with Crippen LogP contribution in [0.25, 0.3) is 0 Å². The van der Waals surface area contributed by atoms with E-state index < -0.39 is 0 Å². The molecule has 0 aliphatic carbocycles. The second-order valence-electron chi connectivity index (χ2n) is 5.39. The summed E-state index contributed by atoms with van der Waals surface area (Å²) in [5.41, 5.74) is 3.76. The van der Waals surface area contributed by atoms with Crippen molar-refractivity contribution >= 4 is 28.9 Å². The zero-order valence-electron chi connectivity index (χ0n) is 13.6. The highest BCUT2D eigenvalue weighted by atomic mass is 35.5. The van der Waals surface area contributed by atoms with Crippen molar-refractivity contribution in [2.45, 2.75) is 20.3 Å². The smallest absolute Gasteiger partial charge is 0.226 e. The first-order chi connectivity index (χ1) is 11.0. The molecular formula is C18H21ClN2O2. The van der Waals surface area contributed by atoms with E-state index in [-0.39, 0.29) is 5.91 Å². The van der Waals surface area contributed by atoms with Crippen LogP contribution >= 0.6 is 11.6 Å². The van der Waals surface area contributed by atoms with Crippen LogP contribution in [0, 0.1) is 13.8 Å². The standard InChI is InChI=1S/C18H21ClN2O2/c1-12-4-6-14(7-5-12)21-18(22)8-9-20-16-10-13(2)15(19)11-17(16)23-3/h4-7,10-11,20H,8-9H2,1-3H3,(H,21,22). The summed E-state index contributed by atoms with van der Waals surface area (Å²) >= 11 is 6.08. The molecule has 2 rings (SSSR count). The number of methoxy groups -OCH3 is 1. The van der Waals surface area contributed by atoms with Gasteiger partial charge in [0.2, 0.25) is 5.91 Å². The number of ether oxygens (including phenoxy) is 1. The van der Waals surface area contributed by atoms with Crippen LogP contribution in [0.3, 0.4) is 0 Å². The number of carbonyl (C=O) groups excluding carboxylic acids is 1. The molecule has 0 aliphatic heterocycles. The Morgan fingerprint density at radius 3 is 2.52 bits per heavy atom. The first-order valence-corrected chi connectivity index (χ1v) is 7.82. The van der Waals surface area contributed by atoms with E-state index in [9.17, 15) is 4.79 Å². The van der Waals surface area contributed by atoms with E-state index in [2.05, 4.69) is 10.6 Å². The lowest BCUT2D eigenvalue weighted by Gasteiger charge is -2.13. The summed E-state index contributed by atoms with van der Waals surface area (Å²) in [4.78, 5) is 12.0. The molecule has 0 fully saturated rings. The molecule has 122 valence electrons. The highest BCUT2D eigenvalue weighted by Crippen LogP contribution is 2.30. The molecule has 1 amide bonds. The van der Waals surface area contributed by atoms with E-state index in [4.69, 9.17) is 16.3 Å². The topological polar surface area (TPSA) is 50.4 Å². The van der Waals surface area contributed by atoms with Crippen molar-refractivity contribution in [2.24, 2.45) is 0 Å². The second kappa shape index (κ2) is 7.88. The molecule has 0 heterocycles. The van der Waals surface area contributed by atoms with Gasteiger partial charge in [-0.25, -0.2) is 0 Å². The normalized spacial score (nSPS) is 10.3. The van der Waals surface area contributed by atoms with Gasteiger partial charge in [0.05, 0.1) is 12.8 Å². The first kappa shape index (κ1) is 17.2. The summed E-state index contributed by atoms with van der Waals surface area (Å²) < 4.78 is 5.30. The number of nitrogens with one attached hydrogen (secondary N) is 2. The van der Waals surface area contributed by atoms with Gasteiger partial charge in [0.15, 0.2) is 0 Å². The van der Waals surface area contributed by atoms with Crippen LogP contribution in [0.2, 0.25) is 5.02 Å². The number of hydrogen-bond acceptors (Lipinski definition) is 3. The predicted octanol–water partition coefficient (Wildman–Crippen LogP) is 4.41. The molecule has 0 aliphatic rings. The van der Waals surface area contributed by atoms with E-state index in [1.54, 1.807) is 13.2 Å². The maximum absolute atomic E-state index is 12.0. The van der Waals surface area contributed by atoms with Crippen molar-refractivity contribution in [3.63, 3.8) is 0 Å². The highest BCUT2D eigenvalue weighted by molar-refractivity contribution is 6.31. The van der Waals surface area contributed by atoms with Gasteiger partial charge in [0.25, 0.3) is 0 Å². The average Bonchev–Trinajstić information content (AvgIpc) is 2.52. The van der Waals surface area contributed by atoms with Crippen LogP contribution in [0.1, 0.15) is 17.5 Å². The SMILES string of the molecule is COc1cc(Cl)c(C)cc1NCCC(=O)Nc1ccc(C)cc1. The minimum absolute atomic E-state index is 0.0361. The molecule has 2 aromatic rings. The molecule has 4 nitrogen and oxygen atoms in total. The zero-order valence-corrected chi connectivity index (χ0v) is 14.3. The zero-order chi connectivity index (χ0) is 16.8. The molecule has 5 heteroatoms. The largest absolute Gasteiger partial charge is 0.495 e. The van der Waals surface area contributed by atoms with Crippen molar-refractivity contribution in [3.8, 4) is 5.75 Å². The number of amides is 1. The summed E-state index contributed by atoms with van der Waals surface area (Å²) in [5.74, 6) is 0.630. The van der Waals surface area contributed by atoms with Crippen molar-refractivity contribution in [2.75, 3.05) is 24.3 Å². The Kier molecular flexibility index (Phi) is 5.88. The van der Waals surface area contributed by atoms with E-state index in [1.165, 1.54) is 0 Å². The van der Waals surface area contributed by atoms with Gasteiger partial charge in [-0.05, 0) is 37.6 Å².